The zero-order valence-electron chi connectivity index (χ0n) is 12.8. The van der Waals surface area contributed by atoms with Crippen LogP contribution in [-0.4, -0.2) is 16.5 Å². The van der Waals surface area contributed by atoms with Gasteiger partial charge in [-0.2, -0.15) is 0 Å². The Morgan fingerprint density at radius 3 is 2.55 bits per heavy atom. The number of hydrogen-bond donors (Lipinski definition) is 0. The molecule has 2 aromatic heterocycles. The Balaban J connectivity index is 2.03. The van der Waals surface area contributed by atoms with Gasteiger partial charge in [0.25, 0.3) is 0 Å². The van der Waals surface area contributed by atoms with Crippen LogP contribution in [0.3, 0.4) is 0 Å². The van der Waals surface area contributed by atoms with Crippen molar-refractivity contribution in [2.45, 2.75) is 13.8 Å². The van der Waals surface area contributed by atoms with Crippen molar-refractivity contribution >= 4 is 26.5 Å². The first-order chi connectivity index (χ1) is 10.7. The third-order valence-electron chi connectivity index (χ3n) is 4.01. The van der Waals surface area contributed by atoms with Crippen LogP contribution in [0.25, 0.3) is 26.4 Å². The molecule has 4 rings (SSSR count). The number of aromatic nitrogens is 2. The molecule has 0 aliphatic carbocycles. The van der Waals surface area contributed by atoms with Gasteiger partial charge in [-0.15, -0.1) is 0 Å². The second-order valence-corrected chi connectivity index (χ2v) is 6.45. The highest BCUT2D eigenvalue weighted by Gasteiger charge is 2.17. The number of aryl methyl sites for hydroxylation is 2. The van der Waals surface area contributed by atoms with Crippen LogP contribution >= 0.6 is 11.3 Å². The Hall–Kier alpha value is -2.33. The summed E-state index contributed by atoms with van der Waals surface area (Å²) in [7, 11) is 1.71. The molecular weight excluding hydrogens is 292 g/mol. The maximum absolute atomic E-state index is 5.54. The number of benzene rings is 2. The second-order valence-electron chi connectivity index (χ2n) is 5.44. The van der Waals surface area contributed by atoms with Crippen molar-refractivity contribution in [1.82, 2.24) is 9.38 Å². The van der Waals surface area contributed by atoms with Gasteiger partial charge >= 0.3 is 0 Å². The van der Waals surface area contributed by atoms with Gasteiger partial charge in [0.1, 0.15) is 11.3 Å². The van der Waals surface area contributed by atoms with Gasteiger partial charge < -0.3 is 4.74 Å². The van der Waals surface area contributed by atoms with Crippen molar-refractivity contribution in [1.29, 1.82) is 0 Å². The minimum absolute atomic E-state index is 0.889. The first kappa shape index (κ1) is 13.3. The minimum atomic E-state index is 0.889. The van der Waals surface area contributed by atoms with E-state index in [-0.39, 0.29) is 0 Å². The molecule has 0 saturated carbocycles. The Morgan fingerprint density at radius 1 is 1.05 bits per heavy atom. The molecule has 0 aliphatic rings. The van der Waals surface area contributed by atoms with E-state index in [0.717, 1.165) is 33.2 Å². The van der Waals surface area contributed by atoms with Gasteiger partial charge in [0.2, 0.25) is 0 Å². The third-order valence-corrected chi connectivity index (χ3v) is 5.01. The highest BCUT2D eigenvalue weighted by Crippen LogP contribution is 2.36. The maximum Gasteiger partial charge on any atom is 0.195 e. The van der Waals surface area contributed by atoms with Crippen molar-refractivity contribution < 1.29 is 4.74 Å². The summed E-state index contributed by atoms with van der Waals surface area (Å²) in [6, 6.07) is 14.7. The number of thiazole rings is 1. The van der Waals surface area contributed by atoms with Gasteiger partial charge in [-0.05, 0) is 26.0 Å². The lowest BCUT2D eigenvalue weighted by Gasteiger charge is -2.04. The van der Waals surface area contributed by atoms with Crippen LogP contribution in [0, 0.1) is 13.8 Å². The maximum atomic E-state index is 5.54. The summed E-state index contributed by atoms with van der Waals surface area (Å²) in [5, 5.41) is 0. The van der Waals surface area contributed by atoms with E-state index in [1.54, 1.807) is 18.4 Å². The SMILES string of the molecule is COc1cccc2sc3nc(-c4ccc(C)cc4)c(C)n3c12. The summed E-state index contributed by atoms with van der Waals surface area (Å²) >= 11 is 1.70. The standard InChI is InChI=1S/C18H16N2OS/c1-11-7-9-13(10-8-11)16-12(2)20-17-14(21-3)5-4-6-15(17)22-18(20)19-16/h4-10H,1-3H3. The quantitative estimate of drug-likeness (QED) is 0.529. The zero-order valence-corrected chi connectivity index (χ0v) is 13.6. The summed E-state index contributed by atoms with van der Waals surface area (Å²) < 4.78 is 8.93. The van der Waals surface area contributed by atoms with Crippen molar-refractivity contribution in [2.75, 3.05) is 7.11 Å². The largest absolute Gasteiger partial charge is 0.495 e. The number of nitrogens with zero attached hydrogens (tertiary/aromatic N) is 2. The Kier molecular flexibility index (Phi) is 2.94. The molecule has 0 bridgehead atoms. The van der Waals surface area contributed by atoms with Gasteiger partial charge in [-0.1, -0.05) is 47.2 Å². The Labute approximate surface area is 132 Å². The molecule has 0 radical (unpaired) electrons. The molecule has 4 aromatic rings. The van der Waals surface area contributed by atoms with Crippen molar-refractivity contribution in [3.05, 3.63) is 53.7 Å². The van der Waals surface area contributed by atoms with E-state index in [2.05, 4.69) is 48.6 Å². The molecule has 0 spiro atoms. The number of hydrogen-bond acceptors (Lipinski definition) is 3. The lowest BCUT2D eigenvalue weighted by Crippen LogP contribution is -1.90. The average molecular weight is 308 g/mol. The number of ether oxygens (including phenoxy) is 1. The first-order valence-electron chi connectivity index (χ1n) is 7.20. The second kappa shape index (κ2) is 4.85. The van der Waals surface area contributed by atoms with E-state index in [4.69, 9.17) is 9.72 Å². The molecule has 0 fully saturated rings. The lowest BCUT2D eigenvalue weighted by molar-refractivity contribution is 0.418. The molecule has 0 N–H and O–H groups in total. The highest BCUT2D eigenvalue weighted by atomic mass is 32.1. The van der Waals surface area contributed by atoms with E-state index < -0.39 is 0 Å². The van der Waals surface area contributed by atoms with Gasteiger partial charge in [0, 0.05) is 11.3 Å². The first-order valence-corrected chi connectivity index (χ1v) is 8.02. The van der Waals surface area contributed by atoms with Gasteiger partial charge in [0.15, 0.2) is 4.96 Å². The van der Waals surface area contributed by atoms with Crippen LogP contribution in [0.15, 0.2) is 42.5 Å². The van der Waals surface area contributed by atoms with Crippen LogP contribution in [0.4, 0.5) is 0 Å². The molecule has 0 unspecified atom stereocenters. The third kappa shape index (κ3) is 1.84. The fourth-order valence-corrected chi connectivity index (χ4v) is 3.95. The van der Waals surface area contributed by atoms with Crippen LogP contribution in [0.2, 0.25) is 0 Å². The normalized spacial score (nSPS) is 11.4. The fourth-order valence-electron chi connectivity index (χ4n) is 2.86. The molecule has 0 saturated heterocycles. The van der Waals surface area contributed by atoms with Crippen molar-refractivity contribution in [3.63, 3.8) is 0 Å². The van der Waals surface area contributed by atoms with Gasteiger partial charge in [-0.3, -0.25) is 4.40 Å². The topological polar surface area (TPSA) is 26.5 Å². The van der Waals surface area contributed by atoms with Gasteiger partial charge in [-0.25, -0.2) is 4.98 Å². The highest BCUT2D eigenvalue weighted by molar-refractivity contribution is 7.23. The van der Waals surface area contributed by atoms with Crippen molar-refractivity contribution in [2.24, 2.45) is 0 Å². The molecule has 2 heterocycles. The molecule has 22 heavy (non-hydrogen) atoms. The molecule has 3 nitrogen and oxygen atoms in total. The van der Waals surface area contributed by atoms with E-state index in [1.807, 2.05) is 12.1 Å². The zero-order chi connectivity index (χ0) is 15.3. The number of para-hydroxylation sites is 1. The summed E-state index contributed by atoms with van der Waals surface area (Å²) in [4.78, 5) is 5.86. The molecule has 0 aliphatic heterocycles. The molecule has 4 heteroatoms. The predicted octanol–water partition coefficient (Wildman–Crippen LogP) is 4.84. The van der Waals surface area contributed by atoms with E-state index in [1.165, 1.54) is 10.3 Å². The molecule has 110 valence electrons. The summed E-state index contributed by atoms with van der Waals surface area (Å²) in [6.07, 6.45) is 0. The monoisotopic (exact) mass is 308 g/mol. The lowest BCUT2D eigenvalue weighted by atomic mass is 10.1. The number of imidazole rings is 1. The van der Waals surface area contributed by atoms with Crippen LogP contribution < -0.4 is 4.74 Å². The van der Waals surface area contributed by atoms with Crippen molar-refractivity contribution in [3.8, 4) is 17.0 Å². The van der Waals surface area contributed by atoms with Crippen LogP contribution in [-0.2, 0) is 0 Å². The number of rotatable bonds is 2. The molecular formula is C18H16N2OS. The van der Waals surface area contributed by atoms with E-state index >= 15 is 0 Å². The van der Waals surface area contributed by atoms with Crippen LogP contribution in [0.1, 0.15) is 11.3 Å². The van der Waals surface area contributed by atoms with Gasteiger partial charge in [0.05, 0.1) is 17.5 Å². The summed E-state index contributed by atoms with van der Waals surface area (Å²) in [6.45, 7) is 4.22. The smallest absolute Gasteiger partial charge is 0.195 e. The summed E-state index contributed by atoms with van der Waals surface area (Å²) in [5.41, 5.74) is 5.71. The number of methoxy groups -OCH3 is 1. The molecule has 0 amide bonds. The van der Waals surface area contributed by atoms with Crippen LogP contribution in [0.5, 0.6) is 5.75 Å². The van der Waals surface area contributed by atoms with E-state index in [0.29, 0.717) is 0 Å². The molecule has 0 atom stereocenters. The molecule has 2 aromatic carbocycles. The fraction of sp³-hybridized carbons (Fsp3) is 0.167. The predicted molar refractivity (Wildman–Crippen MR) is 92.0 cm³/mol. The summed E-state index contributed by atoms with van der Waals surface area (Å²) in [5.74, 6) is 0.889. The minimum Gasteiger partial charge on any atom is -0.495 e. The average Bonchev–Trinajstić information content (AvgIpc) is 3.05. The Morgan fingerprint density at radius 2 is 1.82 bits per heavy atom. The Bertz CT molecular complexity index is 980. The van der Waals surface area contributed by atoms with E-state index in [9.17, 15) is 0 Å². The number of fused-ring (bicyclic) bond motifs is 3.